The van der Waals surface area contributed by atoms with Gasteiger partial charge in [-0.15, -0.1) is 0 Å². The first-order chi connectivity index (χ1) is 11.6. The van der Waals surface area contributed by atoms with Gasteiger partial charge in [0.05, 0.1) is 0 Å². The van der Waals surface area contributed by atoms with Crippen molar-refractivity contribution in [2.24, 2.45) is 5.41 Å². The monoisotopic (exact) mass is 344 g/mol. The van der Waals surface area contributed by atoms with Crippen LogP contribution in [0.25, 0.3) is 0 Å². The van der Waals surface area contributed by atoms with Crippen LogP contribution in [0.2, 0.25) is 0 Å². The second-order valence-corrected chi connectivity index (χ2v) is 7.10. The van der Waals surface area contributed by atoms with Crippen molar-refractivity contribution in [3.8, 4) is 0 Å². The topological polar surface area (TPSA) is 54.4 Å². The maximum atomic E-state index is 10.3. The third-order valence-corrected chi connectivity index (χ3v) is 4.10. The third kappa shape index (κ3) is 10.3. The summed E-state index contributed by atoms with van der Waals surface area (Å²) >= 11 is 0. The molecule has 0 heterocycles. The molecule has 0 saturated heterocycles. The Balaban J connectivity index is 0.00000129. The molecule has 0 aromatic heterocycles. The van der Waals surface area contributed by atoms with Crippen molar-refractivity contribution in [1.82, 2.24) is 0 Å². The Morgan fingerprint density at radius 2 is 1.64 bits per heavy atom. The van der Waals surface area contributed by atoms with Gasteiger partial charge in [0, 0.05) is 6.92 Å². The minimum absolute atomic E-state index is 0.290. The van der Waals surface area contributed by atoms with E-state index in [9.17, 15) is 4.79 Å². The number of hydrogen-bond donors (Lipinski definition) is 1. The van der Waals surface area contributed by atoms with Gasteiger partial charge in [-0.2, -0.15) is 0 Å². The SMILES string of the molecule is CC(=O)O.CC(C=C/C=C(/C)C=CC1=C(C)CCCC1(C)C)=CC=O. The van der Waals surface area contributed by atoms with Crippen LogP contribution in [0.15, 0.2) is 58.7 Å². The number of carboxylic acids is 1. The zero-order chi connectivity index (χ0) is 19.5. The van der Waals surface area contributed by atoms with Crippen LogP contribution >= 0.6 is 0 Å². The van der Waals surface area contributed by atoms with Gasteiger partial charge in [0.25, 0.3) is 5.97 Å². The van der Waals surface area contributed by atoms with Crippen molar-refractivity contribution in [1.29, 1.82) is 0 Å². The summed E-state index contributed by atoms with van der Waals surface area (Å²) in [6.07, 6.45) is 16.6. The standard InChI is InChI=1S/C20H28O.C2H4O2/c1-16(8-6-9-17(2)13-15-21)11-12-19-18(3)10-7-14-20(19,4)5;1-2(3)4/h6,8-9,11-13,15H,7,10,14H2,1-5H3;1H3,(H,3,4)/b9-6?,12-11?,16-8-,17-13?;. The van der Waals surface area contributed by atoms with E-state index in [1.807, 2.05) is 19.1 Å². The van der Waals surface area contributed by atoms with Crippen LogP contribution in [-0.2, 0) is 9.59 Å². The molecule has 138 valence electrons. The summed E-state index contributed by atoms with van der Waals surface area (Å²) in [5, 5.41) is 7.42. The Bertz CT molecular complexity index is 607. The molecule has 0 aliphatic heterocycles. The number of allylic oxidation sites excluding steroid dienone is 10. The first-order valence-corrected chi connectivity index (χ1v) is 8.65. The highest BCUT2D eigenvalue weighted by Crippen LogP contribution is 2.40. The molecule has 0 fully saturated rings. The smallest absolute Gasteiger partial charge is 0.300 e. The molecular formula is C22H32O3. The summed E-state index contributed by atoms with van der Waals surface area (Å²) in [5.41, 5.74) is 5.48. The summed E-state index contributed by atoms with van der Waals surface area (Å²) in [6.45, 7) is 12.0. The first kappa shape index (κ1) is 22.8. The summed E-state index contributed by atoms with van der Waals surface area (Å²) in [5.74, 6) is -0.833. The fourth-order valence-electron chi connectivity index (χ4n) is 2.80. The Kier molecular flexibility index (Phi) is 10.4. The molecule has 1 N–H and O–H groups in total. The summed E-state index contributed by atoms with van der Waals surface area (Å²) in [7, 11) is 0. The van der Waals surface area contributed by atoms with Crippen LogP contribution in [0.4, 0.5) is 0 Å². The van der Waals surface area contributed by atoms with E-state index in [0.717, 1.165) is 18.8 Å². The van der Waals surface area contributed by atoms with E-state index < -0.39 is 5.97 Å². The molecule has 1 rings (SSSR count). The van der Waals surface area contributed by atoms with Gasteiger partial charge < -0.3 is 5.11 Å². The highest BCUT2D eigenvalue weighted by molar-refractivity contribution is 5.67. The Morgan fingerprint density at radius 1 is 1.08 bits per heavy atom. The lowest BCUT2D eigenvalue weighted by Crippen LogP contribution is -2.19. The van der Waals surface area contributed by atoms with Crippen molar-refractivity contribution in [3.63, 3.8) is 0 Å². The zero-order valence-corrected chi connectivity index (χ0v) is 16.4. The molecule has 0 amide bonds. The average molecular weight is 344 g/mol. The summed E-state index contributed by atoms with van der Waals surface area (Å²) in [4.78, 5) is 19.3. The van der Waals surface area contributed by atoms with Crippen molar-refractivity contribution < 1.29 is 14.7 Å². The van der Waals surface area contributed by atoms with E-state index >= 15 is 0 Å². The van der Waals surface area contributed by atoms with Gasteiger partial charge in [0.2, 0.25) is 0 Å². The van der Waals surface area contributed by atoms with Crippen molar-refractivity contribution >= 4 is 12.3 Å². The van der Waals surface area contributed by atoms with E-state index in [4.69, 9.17) is 9.90 Å². The molecule has 0 saturated carbocycles. The lowest BCUT2D eigenvalue weighted by Gasteiger charge is -2.32. The van der Waals surface area contributed by atoms with E-state index in [0.29, 0.717) is 0 Å². The minimum atomic E-state index is -0.833. The van der Waals surface area contributed by atoms with Crippen molar-refractivity contribution in [3.05, 3.63) is 58.7 Å². The van der Waals surface area contributed by atoms with Crippen LogP contribution in [0.1, 0.15) is 60.8 Å². The molecule has 0 radical (unpaired) electrons. The Labute approximate surface area is 152 Å². The molecule has 1 aliphatic rings. The molecule has 0 aromatic carbocycles. The van der Waals surface area contributed by atoms with Gasteiger partial charge in [0.15, 0.2) is 0 Å². The number of carbonyl (C=O) groups is 2. The van der Waals surface area contributed by atoms with Crippen molar-refractivity contribution in [2.75, 3.05) is 0 Å². The third-order valence-electron chi connectivity index (χ3n) is 4.10. The number of aldehydes is 1. The molecule has 0 aromatic rings. The van der Waals surface area contributed by atoms with Gasteiger partial charge in [-0.25, -0.2) is 0 Å². The fourth-order valence-corrected chi connectivity index (χ4v) is 2.80. The lowest BCUT2D eigenvalue weighted by molar-refractivity contribution is -0.134. The maximum absolute atomic E-state index is 10.3. The van der Waals surface area contributed by atoms with Gasteiger partial charge in [0.1, 0.15) is 6.29 Å². The molecule has 3 nitrogen and oxygen atoms in total. The van der Waals surface area contributed by atoms with Crippen LogP contribution in [0.3, 0.4) is 0 Å². The summed E-state index contributed by atoms with van der Waals surface area (Å²) in [6, 6.07) is 0. The van der Waals surface area contributed by atoms with E-state index in [1.165, 1.54) is 36.0 Å². The van der Waals surface area contributed by atoms with Crippen LogP contribution in [-0.4, -0.2) is 17.4 Å². The molecular weight excluding hydrogens is 312 g/mol. The predicted octanol–water partition coefficient (Wildman–Crippen LogP) is 5.81. The van der Waals surface area contributed by atoms with E-state index in [2.05, 4.69) is 45.9 Å². The molecule has 0 unspecified atom stereocenters. The highest BCUT2D eigenvalue weighted by atomic mass is 16.4. The number of carbonyl (C=O) groups excluding carboxylic acids is 1. The molecule has 0 spiro atoms. The highest BCUT2D eigenvalue weighted by Gasteiger charge is 2.26. The van der Waals surface area contributed by atoms with Crippen LogP contribution < -0.4 is 0 Å². The average Bonchev–Trinajstić information content (AvgIpc) is 2.45. The van der Waals surface area contributed by atoms with Crippen LogP contribution in [0.5, 0.6) is 0 Å². The normalized spacial score (nSPS) is 18.3. The summed E-state index contributed by atoms with van der Waals surface area (Å²) < 4.78 is 0. The number of aliphatic carboxylic acids is 1. The Hall–Kier alpha value is -2.16. The number of carboxylic acid groups (broad SMARTS) is 1. The second-order valence-electron chi connectivity index (χ2n) is 7.10. The quantitative estimate of drug-likeness (QED) is 0.389. The largest absolute Gasteiger partial charge is 0.481 e. The molecule has 1 aliphatic carbocycles. The van der Waals surface area contributed by atoms with E-state index in [-0.39, 0.29) is 5.41 Å². The van der Waals surface area contributed by atoms with E-state index in [1.54, 1.807) is 6.08 Å². The van der Waals surface area contributed by atoms with Gasteiger partial charge >= 0.3 is 0 Å². The van der Waals surface area contributed by atoms with Crippen LogP contribution in [0, 0.1) is 5.41 Å². The maximum Gasteiger partial charge on any atom is 0.300 e. The van der Waals surface area contributed by atoms with Gasteiger partial charge in [-0.05, 0) is 62.7 Å². The first-order valence-electron chi connectivity index (χ1n) is 8.65. The molecule has 0 bridgehead atoms. The second kappa shape index (κ2) is 11.4. The van der Waals surface area contributed by atoms with Crippen molar-refractivity contribution in [2.45, 2.75) is 60.8 Å². The van der Waals surface area contributed by atoms with Gasteiger partial charge in [-0.1, -0.05) is 55.4 Å². The Morgan fingerprint density at radius 3 is 2.16 bits per heavy atom. The lowest BCUT2D eigenvalue weighted by atomic mass is 9.72. The zero-order valence-electron chi connectivity index (χ0n) is 16.4. The predicted molar refractivity (Wildman–Crippen MR) is 105 cm³/mol. The number of hydrogen-bond acceptors (Lipinski definition) is 2. The fraction of sp³-hybridized carbons (Fsp3) is 0.455. The molecule has 25 heavy (non-hydrogen) atoms. The van der Waals surface area contributed by atoms with Gasteiger partial charge in [-0.3, -0.25) is 9.59 Å². The minimum Gasteiger partial charge on any atom is -0.481 e. The number of rotatable bonds is 5. The molecule has 3 heteroatoms. The molecule has 0 atom stereocenters.